The van der Waals surface area contributed by atoms with Crippen LogP contribution in [0.1, 0.15) is 12.0 Å². The first-order valence-corrected chi connectivity index (χ1v) is 8.58. The maximum Gasteiger partial charge on any atom is 0.430 e. The van der Waals surface area contributed by atoms with Crippen molar-refractivity contribution >= 4 is 35.2 Å². The van der Waals surface area contributed by atoms with E-state index in [9.17, 15) is 23.2 Å². The normalized spacial score (nSPS) is 19.2. The van der Waals surface area contributed by atoms with Gasteiger partial charge in [-0.25, -0.2) is 4.79 Å². The Kier molecular flexibility index (Phi) is 5.75. The number of alkyl halides is 3. The average molecular weight is 442 g/mol. The standard InChI is InChI=1S/C15H12Cl2F3N3O5/c16-9-4-8-5-10(13(15(18,19)20)28-12(8)11(17)6-9)14(24)26-7-27-21-23(25)22-2-1-3-22/h4-6,13H,1-3,7H2/b23-21-. The number of esters is 1. The predicted octanol–water partition coefficient (Wildman–Crippen LogP) is 3.72. The predicted molar refractivity (Wildman–Crippen MR) is 89.2 cm³/mol. The Hall–Kier alpha value is -2.40. The molecule has 3 rings (SSSR count). The minimum Gasteiger partial charge on any atom is -0.569 e. The SMILES string of the molecule is O=C(OCO/N=[N+](\[O-])N1CCC1)C1=Cc2cc(Cl)cc(Cl)c2OC1C(F)(F)F. The van der Waals surface area contributed by atoms with E-state index in [-0.39, 0.29) is 26.3 Å². The first-order valence-electron chi connectivity index (χ1n) is 7.83. The monoisotopic (exact) mass is 441 g/mol. The van der Waals surface area contributed by atoms with E-state index in [1.165, 1.54) is 17.1 Å². The molecule has 1 aromatic rings. The molecule has 8 nitrogen and oxygen atoms in total. The molecule has 2 aliphatic rings. The zero-order valence-corrected chi connectivity index (χ0v) is 15.4. The number of ether oxygens (including phenoxy) is 2. The van der Waals surface area contributed by atoms with Gasteiger partial charge < -0.3 is 19.5 Å². The van der Waals surface area contributed by atoms with Crippen LogP contribution in [-0.4, -0.2) is 48.1 Å². The Labute approximate surface area is 166 Å². The average Bonchev–Trinajstić information content (AvgIpc) is 2.54. The number of carbonyl (C=O) groups excluding carboxylic acids is 1. The van der Waals surface area contributed by atoms with Gasteiger partial charge in [0.25, 0.3) is 6.79 Å². The van der Waals surface area contributed by atoms with Crippen molar-refractivity contribution in [2.24, 2.45) is 5.28 Å². The molecule has 0 amide bonds. The van der Waals surface area contributed by atoms with Crippen molar-refractivity contribution < 1.29 is 37.2 Å². The van der Waals surface area contributed by atoms with Crippen LogP contribution in [0.15, 0.2) is 23.0 Å². The maximum absolute atomic E-state index is 13.3. The molecule has 1 saturated heterocycles. The van der Waals surface area contributed by atoms with E-state index in [0.29, 0.717) is 13.1 Å². The number of rotatable bonds is 5. The third-order valence-corrected chi connectivity index (χ3v) is 4.34. The molecule has 0 saturated carbocycles. The topological polar surface area (TPSA) is 86.4 Å². The molecule has 0 spiro atoms. The highest BCUT2D eigenvalue weighted by atomic mass is 35.5. The fourth-order valence-electron chi connectivity index (χ4n) is 2.40. The smallest absolute Gasteiger partial charge is 0.430 e. The fourth-order valence-corrected chi connectivity index (χ4v) is 2.96. The lowest BCUT2D eigenvalue weighted by Crippen LogP contribution is -2.42. The highest BCUT2D eigenvalue weighted by molar-refractivity contribution is 6.36. The van der Waals surface area contributed by atoms with E-state index in [2.05, 4.69) is 14.9 Å². The quantitative estimate of drug-likeness (QED) is 0.173. The molecular formula is C15H12Cl2F3N3O5. The van der Waals surface area contributed by atoms with Gasteiger partial charge in [-0.2, -0.15) is 13.2 Å². The zero-order chi connectivity index (χ0) is 20.5. The largest absolute Gasteiger partial charge is 0.569 e. The molecule has 0 aromatic heterocycles. The first-order chi connectivity index (χ1) is 13.2. The summed E-state index contributed by atoms with van der Waals surface area (Å²) in [4.78, 5) is 16.8. The second-order valence-corrected chi connectivity index (χ2v) is 6.61. The highest BCUT2D eigenvalue weighted by Crippen LogP contribution is 2.42. The number of hydrazine groups is 1. The lowest BCUT2D eigenvalue weighted by atomic mass is 10.0. The molecule has 2 aliphatic heterocycles. The number of nitrogens with zero attached hydrogens (tertiary/aromatic N) is 3. The lowest BCUT2D eigenvalue weighted by molar-refractivity contribution is -0.723. The van der Waals surface area contributed by atoms with Gasteiger partial charge in [-0.15, -0.1) is 5.01 Å². The molecule has 0 bridgehead atoms. The second-order valence-electron chi connectivity index (χ2n) is 5.77. The van der Waals surface area contributed by atoms with E-state index in [4.69, 9.17) is 27.9 Å². The van der Waals surface area contributed by atoms with Gasteiger partial charge in [-0.1, -0.05) is 23.2 Å². The maximum atomic E-state index is 13.3. The van der Waals surface area contributed by atoms with Gasteiger partial charge in [0.05, 0.1) is 28.7 Å². The van der Waals surface area contributed by atoms with Crippen molar-refractivity contribution in [1.29, 1.82) is 0 Å². The summed E-state index contributed by atoms with van der Waals surface area (Å²) in [7, 11) is 0. The van der Waals surface area contributed by atoms with Gasteiger partial charge >= 0.3 is 12.1 Å². The van der Waals surface area contributed by atoms with Gasteiger partial charge in [0, 0.05) is 10.6 Å². The molecule has 1 unspecified atom stereocenters. The number of carbonyl (C=O) groups is 1. The minimum atomic E-state index is -4.92. The van der Waals surface area contributed by atoms with Crippen molar-refractivity contribution in [3.8, 4) is 5.75 Å². The third-order valence-electron chi connectivity index (χ3n) is 3.84. The van der Waals surface area contributed by atoms with Crippen LogP contribution >= 0.6 is 23.2 Å². The Morgan fingerprint density at radius 1 is 1.39 bits per heavy atom. The van der Waals surface area contributed by atoms with Crippen LogP contribution < -0.4 is 4.74 Å². The molecule has 1 atom stereocenters. The Morgan fingerprint density at radius 3 is 2.71 bits per heavy atom. The summed E-state index contributed by atoms with van der Waals surface area (Å²) in [5, 5.41) is 15.8. The number of halogens is 5. The number of fused-ring (bicyclic) bond motifs is 1. The molecule has 0 radical (unpaired) electrons. The van der Waals surface area contributed by atoms with Crippen LogP contribution in [0.4, 0.5) is 13.2 Å². The fraction of sp³-hybridized carbons (Fsp3) is 0.400. The molecule has 28 heavy (non-hydrogen) atoms. The van der Waals surface area contributed by atoms with Gasteiger partial charge in [0.15, 0.2) is 0 Å². The lowest BCUT2D eigenvalue weighted by Gasteiger charge is -2.28. The van der Waals surface area contributed by atoms with E-state index in [1.807, 2.05) is 0 Å². The van der Waals surface area contributed by atoms with Crippen LogP contribution in [0, 0.1) is 5.21 Å². The third kappa shape index (κ3) is 4.36. The molecule has 2 heterocycles. The Balaban J connectivity index is 1.74. The van der Waals surface area contributed by atoms with Crippen molar-refractivity contribution in [1.82, 2.24) is 5.01 Å². The number of benzene rings is 1. The van der Waals surface area contributed by atoms with Crippen molar-refractivity contribution in [2.75, 3.05) is 19.9 Å². The summed E-state index contributed by atoms with van der Waals surface area (Å²) in [5.74, 6) is -1.62. The summed E-state index contributed by atoms with van der Waals surface area (Å²) in [5.41, 5.74) is -0.747. The van der Waals surface area contributed by atoms with Crippen molar-refractivity contribution in [3.05, 3.63) is 38.5 Å². The second kappa shape index (κ2) is 7.92. The summed E-state index contributed by atoms with van der Waals surface area (Å²) in [6.45, 7) is 0.132. The van der Waals surface area contributed by atoms with E-state index < -0.39 is 30.6 Å². The molecular weight excluding hydrogens is 430 g/mol. The Bertz CT molecular complexity index is 843. The summed E-state index contributed by atoms with van der Waals surface area (Å²) >= 11 is 11.7. The molecule has 0 N–H and O–H groups in total. The highest BCUT2D eigenvalue weighted by Gasteiger charge is 2.49. The summed E-state index contributed by atoms with van der Waals surface area (Å²) in [6, 6.07) is 2.51. The molecule has 1 aromatic carbocycles. The molecule has 1 fully saturated rings. The van der Waals surface area contributed by atoms with E-state index in [0.717, 1.165) is 12.5 Å². The van der Waals surface area contributed by atoms with Gasteiger partial charge in [0.1, 0.15) is 5.75 Å². The summed E-state index contributed by atoms with van der Waals surface area (Å²) < 4.78 is 49.5. The number of hydrogen-bond acceptors (Lipinski definition) is 6. The molecule has 0 aliphatic carbocycles. The van der Waals surface area contributed by atoms with Crippen molar-refractivity contribution in [2.45, 2.75) is 18.7 Å². The van der Waals surface area contributed by atoms with E-state index >= 15 is 0 Å². The van der Waals surface area contributed by atoms with Crippen LogP contribution in [-0.2, 0) is 14.4 Å². The molecule has 13 heteroatoms. The van der Waals surface area contributed by atoms with E-state index in [1.54, 1.807) is 0 Å². The van der Waals surface area contributed by atoms with Crippen LogP contribution in [0.5, 0.6) is 5.75 Å². The van der Waals surface area contributed by atoms with Crippen LogP contribution in [0.2, 0.25) is 10.0 Å². The minimum absolute atomic E-state index is 0.0825. The molecule has 152 valence electrons. The number of hydrogen-bond donors (Lipinski definition) is 0. The summed E-state index contributed by atoms with van der Waals surface area (Å²) in [6.07, 6.45) is -5.76. The van der Waals surface area contributed by atoms with Gasteiger partial charge in [0.2, 0.25) is 11.4 Å². The van der Waals surface area contributed by atoms with Gasteiger partial charge in [-0.05, 0) is 24.6 Å². The van der Waals surface area contributed by atoms with Gasteiger partial charge in [-0.3, -0.25) is 0 Å². The van der Waals surface area contributed by atoms with Crippen LogP contribution in [0.25, 0.3) is 6.08 Å². The zero-order valence-electron chi connectivity index (χ0n) is 13.9. The van der Waals surface area contributed by atoms with Crippen molar-refractivity contribution in [3.63, 3.8) is 0 Å². The van der Waals surface area contributed by atoms with Crippen LogP contribution in [0.3, 0.4) is 0 Å². The first kappa shape index (κ1) is 20.3. The Morgan fingerprint density at radius 2 is 2.11 bits per heavy atom.